The fourth-order valence-corrected chi connectivity index (χ4v) is 8.52. The number of hydrogen-bond donors (Lipinski definition) is 1. The van der Waals surface area contributed by atoms with Crippen LogP contribution in [0.5, 0.6) is 0 Å². The summed E-state index contributed by atoms with van der Waals surface area (Å²) in [6.07, 6.45) is 13.7. The molecule has 5 aliphatic carbocycles. The van der Waals surface area contributed by atoms with E-state index in [4.69, 9.17) is 4.74 Å². The number of allylic oxidation sites excluding steroid dienone is 1. The lowest BCUT2D eigenvalue weighted by Gasteiger charge is -2.60. The number of carbonyl (C=O) groups excluding carboxylic acids is 1. The zero-order chi connectivity index (χ0) is 21.3. The first-order valence-corrected chi connectivity index (χ1v) is 12.5. The van der Waals surface area contributed by atoms with Crippen molar-refractivity contribution in [3.63, 3.8) is 0 Å². The molecule has 0 amide bonds. The Morgan fingerprint density at radius 2 is 1.77 bits per heavy atom. The lowest BCUT2D eigenvalue weighted by molar-refractivity contribution is -0.144. The Kier molecular flexibility index (Phi) is 4.82. The van der Waals surface area contributed by atoms with Gasteiger partial charge in [-0.2, -0.15) is 0 Å². The van der Waals surface area contributed by atoms with Crippen molar-refractivity contribution in [1.82, 2.24) is 0 Å². The van der Waals surface area contributed by atoms with E-state index >= 15 is 0 Å². The van der Waals surface area contributed by atoms with Crippen LogP contribution in [0, 0.1) is 34.5 Å². The first kappa shape index (κ1) is 20.8. The second-order valence-electron chi connectivity index (χ2n) is 11.9. The van der Waals surface area contributed by atoms with Crippen LogP contribution in [0.25, 0.3) is 0 Å². The summed E-state index contributed by atoms with van der Waals surface area (Å²) < 4.78 is 6.64. The van der Waals surface area contributed by atoms with Crippen molar-refractivity contribution in [2.24, 2.45) is 34.5 Å². The van der Waals surface area contributed by atoms with Crippen LogP contribution < -0.4 is 0 Å². The number of fused-ring (bicyclic) bond motifs is 5. The van der Waals surface area contributed by atoms with E-state index in [1.807, 2.05) is 6.08 Å². The summed E-state index contributed by atoms with van der Waals surface area (Å²) in [6.45, 7) is 11.1. The smallest absolute Gasteiger partial charge is 0.159 e. The van der Waals surface area contributed by atoms with Gasteiger partial charge >= 0.3 is 0 Å². The molecule has 7 atom stereocenters. The maximum absolute atomic E-state index is 12.6. The van der Waals surface area contributed by atoms with E-state index in [9.17, 15) is 9.90 Å². The van der Waals surface area contributed by atoms with Crippen LogP contribution in [0.2, 0.25) is 0 Å². The van der Waals surface area contributed by atoms with Crippen molar-refractivity contribution >= 4 is 5.78 Å². The molecular weight excluding hydrogens is 372 g/mol. The Hall–Kier alpha value is -1.09. The van der Waals surface area contributed by atoms with E-state index in [0.717, 1.165) is 44.3 Å². The van der Waals surface area contributed by atoms with Crippen molar-refractivity contribution in [1.29, 1.82) is 0 Å². The molecule has 3 nitrogen and oxygen atoms in total. The fourth-order valence-electron chi connectivity index (χ4n) is 8.52. The molecule has 0 aliphatic heterocycles. The van der Waals surface area contributed by atoms with Gasteiger partial charge in [0.05, 0.1) is 11.4 Å². The van der Waals surface area contributed by atoms with Crippen LogP contribution in [-0.2, 0) is 9.53 Å². The van der Waals surface area contributed by atoms with Crippen molar-refractivity contribution in [3.8, 4) is 0 Å². The summed E-state index contributed by atoms with van der Waals surface area (Å²) in [6, 6.07) is 0. The van der Waals surface area contributed by atoms with Crippen molar-refractivity contribution < 1.29 is 14.6 Å². The highest BCUT2D eigenvalue weighted by molar-refractivity contribution is 5.92. The van der Waals surface area contributed by atoms with Crippen LogP contribution in [0.1, 0.15) is 91.4 Å². The molecule has 4 fully saturated rings. The van der Waals surface area contributed by atoms with Gasteiger partial charge in [-0.15, -0.1) is 0 Å². The highest BCUT2D eigenvalue weighted by Gasteiger charge is 2.64. The van der Waals surface area contributed by atoms with E-state index in [1.54, 1.807) is 0 Å². The molecule has 0 heterocycles. The molecule has 0 bridgehead atoms. The molecule has 0 radical (unpaired) electrons. The first-order valence-electron chi connectivity index (χ1n) is 12.5. The lowest BCUT2D eigenvalue weighted by Crippen LogP contribution is -2.57. The number of ketones is 1. The lowest BCUT2D eigenvalue weighted by atomic mass is 9.46. The third-order valence-corrected chi connectivity index (χ3v) is 10.7. The predicted octanol–water partition coefficient (Wildman–Crippen LogP) is 5.97. The molecule has 0 aromatic heterocycles. The van der Waals surface area contributed by atoms with Gasteiger partial charge in [-0.1, -0.05) is 38.8 Å². The summed E-state index contributed by atoms with van der Waals surface area (Å²) in [5.74, 6) is 3.38. The van der Waals surface area contributed by atoms with Gasteiger partial charge in [0.2, 0.25) is 0 Å². The zero-order valence-electron chi connectivity index (χ0n) is 19.2. The number of rotatable bonds is 3. The summed E-state index contributed by atoms with van der Waals surface area (Å²) in [4.78, 5) is 12.6. The largest absolute Gasteiger partial charge is 0.494 e. The van der Waals surface area contributed by atoms with Crippen molar-refractivity contribution in [2.45, 2.75) is 103 Å². The van der Waals surface area contributed by atoms with Gasteiger partial charge < -0.3 is 9.84 Å². The molecule has 5 rings (SSSR count). The first-order chi connectivity index (χ1) is 14.2. The van der Waals surface area contributed by atoms with Crippen LogP contribution in [-0.4, -0.2) is 22.6 Å². The summed E-state index contributed by atoms with van der Waals surface area (Å²) >= 11 is 0. The Morgan fingerprint density at radius 3 is 2.50 bits per heavy atom. The number of aliphatic hydroxyl groups is 1. The molecule has 5 aliphatic rings. The zero-order valence-corrected chi connectivity index (χ0v) is 19.2. The minimum absolute atomic E-state index is 0.0278. The predicted molar refractivity (Wildman–Crippen MR) is 119 cm³/mol. The quantitative estimate of drug-likeness (QED) is 0.581. The van der Waals surface area contributed by atoms with Gasteiger partial charge in [-0.05, 0) is 87.5 Å². The summed E-state index contributed by atoms with van der Waals surface area (Å²) in [7, 11) is 0. The van der Waals surface area contributed by atoms with Crippen molar-refractivity contribution in [3.05, 3.63) is 24.0 Å². The van der Waals surface area contributed by atoms with Crippen molar-refractivity contribution in [2.75, 3.05) is 0 Å². The normalized spacial score (nSPS) is 48.5. The third kappa shape index (κ3) is 2.83. The molecule has 3 heteroatoms. The number of ether oxygens (including phenoxy) is 1. The Bertz CT molecular complexity index is 773. The second-order valence-corrected chi connectivity index (χ2v) is 11.9. The van der Waals surface area contributed by atoms with Gasteiger partial charge in [-0.25, -0.2) is 0 Å². The van der Waals surface area contributed by atoms with Gasteiger partial charge in [0.15, 0.2) is 5.78 Å². The maximum atomic E-state index is 12.6. The molecule has 0 spiro atoms. The second kappa shape index (κ2) is 6.95. The highest BCUT2D eigenvalue weighted by atomic mass is 16.5. The highest BCUT2D eigenvalue weighted by Crippen LogP contribution is 2.67. The van der Waals surface area contributed by atoms with Gasteiger partial charge in [0, 0.05) is 17.8 Å². The topological polar surface area (TPSA) is 46.5 Å². The number of carbonyl (C=O) groups is 1. The Balaban J connectivity index is 1.46. The van der Waals surface area contributed by atoms with Gasteiger partial charge in [-0.3, -0.25) is 4.79 Å². The van der Waals surface area contributed by atoms with E-state index in [2.05, 4.69) is 27.4 Å². The van der Waals surface area contributed by atoms with Crippen LogP contribution in [0.3, 0.4) is 0 Å². The minimum atomic E-state index is -0.547. The summed E-state index contributed by atoms with van der Waals surface area (Å²) in [5, 5.41) is 11.2. The molecule has 4 saturated carbocycles. The van der Waals surface area contributed by atoms with E-state index in [0.29, 0.717) is 30.1 Å². The molecular formula is C27H40O3. The van der Waals surface area contributed by atoms with E-state index in [1.165, 1.54) is 31.3 Å². The average Bonchev–Trinajstić information content (AvgIpc) is 3.30. The number of hydrogen-bond acceptors (Lipinski definition) is 3. The minimum Gasteiger partial charge on any atom is -0.494 e. The molecule has 1 unspecified atom stereocenters. The Morgan fingerprint density at radius 1 is 1.07 bits per heavy atom. The Labute approximate surface area is 182 Å². The molecule has 166 valence electrons. The van der Waals surface area contributed by atoms with Crippen LogP contribution >= 0.6 is 0 Å². The average molecular weight is 413 g/mol. The fraction of sp³-hybridized carbons (Fsp3) is 0.815. The molecule has 0 aromatic rings. The molecule has 30 heavy (non-hydrogen) atoms. The standard InChI is InChI=1S/C27H40O3/c1-17(18-7-5-6-8-18)30-24-16-20(28)15-19-9-10-21-22-12-14-26(3,29)25(22,2)13-11-23(21)27(19,24)4/h15,18,21-24,29H,1,5-14,16H2,2-4H3/t21-,22-,23-,24?,25-,26+,27-/m0/s1. The molecule has 0 aromatic carbocycles. The third-order valence-electron chi connectivity index (χ3n) is 10.7. The van der Waals surface area contributed by atoms with E-state index < -0.39 is 5.60 Å². The van der Waals surface area contributed by atoms with Gasteiger partial charge in [0.25, 0.3) is 0 Å². The van der Waals surface area contributed by atoms with Crippen LogP contribution in [0.4, 0.5) is 0 Å². The maximum Gasteiger partial charge on any atom is 0.159 e. The van der Waals surface area contributed by atoms with E-state index in [-0.39, 0.29) is 22.7 Å². The van der Waals surface area contributed by atoms with Crippen LogP contribution in [0.15, 0.2) is 24.0 Å². The molecule has 1 N–H and O–H groups in total. The summed E-state index contributed by atoms with van der Waals surface area (Å²) in [5.41, 5.74) is 0.737. The SMILES string of the molecule is C=C(OC1CC(=O)C=C2CC[C@H]3[C@@H]4CC[C@@](C)(O)[C@@]4(C)CC[C@@H]3[C@]21C)C1CCCC1. The monoisotopic (exact) mass is 412 g/mol. The van der Waals surface area contributed by atoms with Gasteiger partial charge in [0.1, 0.15) is 6.10 Å². The molecule has 0 saturated heterocycles.